The molecule has 2 N–H and O–H groups in total. The van der Waals surface area contributed by atoms with Crippen molar-refractivity contribution in [2.45, 2.75) is 0 Å². The predicted molar refractivity (Wildman–Crippen MR) is 70.7 cm³/mol. The third kappa shape index (κ3) is 2.58. The minimum atomic E-state index is -1.10. The van der Waals surface area contributed by atoms with Gasteiger partial charge in [-0.15, -0.1) is 6.42 Å². The number of carbonyl (C=O) groups is 2. The molecular formula is C14H12N2O3. The third-order valence-corrected chi connectivity index (χ3v) is 2.71. The number of aliphatic carboxylic acids is 1. The summed E-state index contributed by atoms with van der Waals surface area (Å²) in [6, 6.07) is 7.10. The highest BCUT2D eigenvalue weighted by Gasteiger charge is 2.19. The van der Waals surface area contributed by atoms with Crippen LogP contribution in [0.15, 0.2) is 30.5 Å². The topological polar surface area (TPSA) is 73.4 Å². The van der Waals surface area contributed by atoms with Crippen LogP contribution in [0.1, 0.15) is 10.4 Å². The van der Waals surface area contributed by atoms with Gasteiger partial charge in [0.25, 0.3) is 5.91 Å². The summed E-state index contributed by atoms with van der Waals surface area (Å²) < 4.78 is 0. The van der Waals surface area contributed by atoms with Crippen LogP contribution in [0.4, 0.5) is 0 Å². The zero-order valence-electron chi connectivity index (χ0n) is 10.1. The van der Waals surface area contributed by atoms with Crippen LogP contribution in [0.2, 0.25) is 0 Å². The Morgan fingerprint density at radius 3 is 2.84 bits per heavy atom. The van der Waals surface area contributed by atoms with Gasteiger partial charge in [0.1, 0.15) is 6.54 Å². The molecule has 1 aromatic heterocycles. The monoisotopic (exact) mass is 256 g/mol. The Bertz CT molecular complexity index is 667. The molecule has 0 aliphatic rings. The number of carbonyl (C=O) groups excluding carboxylic acids is 1. The molecule has 0 bridgehead atoms. The van der Waals surface area contributed by atoms with E-state index in [-0.39, 0.29) is 6.54 Å². The maximum atomic E-state index is 12.3. The van der Waals surface area contributed by atoms with E-state index >= 15 is 0 Å². The lowest BCUT2D eigenvalue weighted by atomic mass is 10.1. The van der Waals surface area contributed by atoms with Gasteiger partial charge >= 0.3 is 5.97 Å². The molecule has 0 saturated carbocycles. The lowest BCUT2D eigenvalue weighted by molar-refractivity contribution is -0.137. The maximum Gasteiger partial charge on any atom is 0.323 e. The molecule has 1 amide bonds. The first-order valence-corrected chi connectivity index (χ1v) is 5.64. The van der Waals surface area contributed by atoms with Crippen LogP contribution < -0.4 is 0 Å². The molecular weight excluding hydrogens is 244 g/mol. The number of nitrogens with zero attached hydrogens (tertiary/aromatic N) is 1. The summed E-state index contributed by atoms with van der Waals surface area (Å²) in [7, 11) is 0. The fourth-order valence-electron chi connectivity index (χ4n) is 1.91. The van der Waals surface area contributed by atoms with Gasteiger partial charge in [0.15, 0.2) is 0 Å². The van der Waals surface area contributed by atoms with Gasteiger partial charge in [-0.1, -0.05) is 18.1 Å². The van der Waals surface area contributed by atoms with Crippen LogP contribution in [-0.2, 0) is 4.79 Å². The van der Waals surface area contributed by atoms with Crippen LogP contribution in [0.3, 0.4) is 0 Å². The highest BCUT2D eigenvalue weighted by Crippen LogP contribution is 2.18. The number of para-hydroxylation sites is 1. The van der Waals surface area contributed by atoms with E-state index in [4.69, 9.17) is 11.5 Å². The molecule has 1 aromatic carbocycles. The minimum absolute atomic E-state index is 0.0395. The minimum Gasteiger partial charge on any atom is -0.480 e. The van der Waals surface area contributed by atoms with Crippen molar-refractivity contribution >= 4 is 22.8 Å². The number of aromatic nitrogens is 1. The van der Waals surface area contributed by atoms with E-state index < -0.39 is 18.4 Å². The molecule has 1 heterocycles. The lowest BCUT2D eigenvalue weighted by Crippen LogP contribution is -2.36. The number of fused-ring (bicyclic) bond motifs is 1. The molecule has 0 aliphatic carbocycles. The summed E-state index contributed by atoms with van der Waals surface area (Å²) in [5.74, 6) is 0.807. The fraction of sp³-hybridized carbons (Fsp3) is 0.143. The smallest absolute Gasteiger partial charge is 0.323 e. The number of nitrogens with one attached hydrogen (secondary N) is 1. The molecule has 0 radical (unpaired) electrons. The molecule has 2 aromatic rings. The Hall–Kier alpha value is -2.74. The van der Waals surface area contributed by atoms with Gasteiger partial charge in [-0.05, 0) is 12.1 Å². The summed E-state index contributed by atoms with van der Waals surface area (Å²) >= 11 is 0. The van der Waals surface area contributed by atoms with Crippen LogP contribution in [0, 0.1) is 12.3 Å². The summed E-state index contributed by atoms with van der Waals surface area (Å²) in [5, 5.41) is 9.70. The summed E-state index contributed by atoms with van der Waals surface area (Å²) in [5.41, 5.74) is 1.10. The quantitative estimate of drug-likeness (QED) is 0.810. The summed E-state index contributed by atoms with van der Waals surface area (Å²) in [6.45, 7) is -0.456. The third-order valence-electron chi connectivity index (χ3n) is 2.71. The second-order valence-electron chi connectivity index (χ2n) is 4.01. The number of carboxylic acid groups (broad SMARTS) is 1. The molecule has 0 spiro atoms. The van der Waals surface area contributed by atoms with Gasteiger partial charge in [0.05, 0.1) is 17.6 Å². The van der Waals surface area contributed by atoms with Crippen LogP contribution in [0.25, 0.3) is 10.9 Å². The van der Waals surface area contributed by atoms with E-state index in [1.165, 1.54) is 0 Å². The van der Waals surface area contributed by atoms with Gasteiger partial charge in [-0.3, -0.25) is 9.59 Å². The number of rotatable bonds is 4. The summed E-state index contributed by atoms with van der Waals surface area (Å²) in [6.07, 6.45) is 6.90. The highest BCUT2D eigenvalue weighted by molar-refractivity contribution is 6.06. The number of amides is 1. The molecule has 19 heavy (non-hydrogen) atoms. The molecule has 5 heteroatoms. The van der Waals surface area contributed by atoms with Crippen molar-refractivity contribution in [3.05, 3.63) is 36.0 Å². The van der Waals surface area contributed by atoms with Gasteiger partial charge < -0.3 is 15.0 Å². The van der Waals surface area contributed by atoms with Crippen LogP contribution >= 0.6 is 0 Å². The molecule has 0 fully saturated rings. The predicted octanol–water partition coefficient (Wildman–Crippen LogP) is 1.33. The standard InChI is InChI=1S/C14H12N2O3/c1-2-8-16(9-12(17)18)14(19)11-5-3-4-10-6-7-15-13(10)11/h1,3-7,15H,8-9H2,(H,17,18). The SMILES string of the molecule is C#CCN(CC(=O)O)C(=O)c1cccc2cc[nH]c12. The number of terminal acetylenes is 1. The molecule has 5 nitrogen and oxygen atoms in total. The molecule has 0 saturated heterocycles. The number of benzene rings is 1. The van der Waals surface area contributed by atoms with Crippen molar-refractivity contribution < 1.29 is 14.7 Å². The number of carboxylic acids is 1. The average Bonchev–Trinajstić information content (AvgIpc) is 2.85. The van der Waals surface area contributed by atoms with E-state index in [0.717, 1.165) is 10.3 Å². The van der Waals surface area contributed by atoms with Gasteiger partial charge in [-0.2, -0.15) is 0 Å². The number of hydrogen-bond donors (Lipinski definition) is 2. The van der Waals surface area contributed by atoms with E-state index in [1.54, 1.807) is 18.3 Å². The zero-order valence-corrected chi connectivity index (χ0v) is 10.1. The first-order valence-electron chi connectivity index (χ1n) is 5.64. The number of hydrogen-bond acceptors (Lipinski definition) is 2. The van der Waals surface area contributed by atoms with Crippen LogP contribution in [-0.4, -0.2) is 40.0 Å². The van der Waals surface area contributed by atoms with E-state index in [2.05, 4.69) is 10.9 Å². The summed E-state index contributed by atoms with van der Waals surface area (Å²) in [4.78, 5) is 27.2. The van der Waals surface area contributed by atoms with E-state index in [1.807, 2.05) is 12.1 Å². The number of H-pyrrole nitrogens is 1. The Morgan fingerprint density at radius 2 is 2.16 bits per heavy atom. The molecule has 2 rings (SSSR count). The molecule has 0 unspecified atom stereocenters. The van der Waals surface area contributed by atoms with Crippen molar-refractivity contribution in [3.63, 3.8) is 0 Å². The molecule has 96 valence electrons. The van der Waals surface area contributed by atoms with Crippen molar-refractivity contribution in [1.82, 2.24) is 9.88 Å². The first kappa shape index (κ1) is 12.7. The maximum absolute atomic E-state index is 12.3. The highest BCUT2D eigenvalue weighted by atomic mass is 16.4. The fourth-order valence-corrected chi connectivity index (χ4v) is 1.91. The number of aromatic amines is 1. The second kappa shape index (κ2) is 5.27. The van der Waals surface area contributed by atoms with Crippen molar-refractivity contribution in [2.24, 2.45) is 0 Å². The van der Waals surface area contributed by atoms with E-state index in [0.29, 0.717) is 11.1 Å². The Morgan fingerprint density at radius 1 is 1.37 bits per heavy atom. The van der Waals surface area contributed by atoms with Gasteiger partial charge in [0.2, 0.25) is 0 Å². The van der Waals surface area contributed by atoms with Gasteiger partial charge in [0, 0.05) is 11.6 Å². The molecule has 0 aliphatic heterocycles. The Labute approximate surface area is 109 Å². The lowest BCUT2D eigenvalue weighted by Gasteiger charge is -2.18. The first-order chi connectivity index (χ1) is 9.13. The van der Waals surface area contributed by atoms with Crippen molar-refractivity contribution in [1.29, 1.82) is 0 Å². The molecule has 0 atom stereocenters. The Balaban J connectivity index is 2.38. The normalized spacial score (nSPS) is 10.1. The zero-order chi connectivity index (χ0) is 13.8. The second-order valence-corrected chi connectivity index (χ2v) is 4.01. The van der Waals surface area contributed by atoms with Crippen molar-refractivity contribution in [2.75, 3.05) is 13.1 Å². The van der Waals surface area contributed by atoms with E-state index in [9.17, 15) is 9.59 Å². The van der Waals surface area contributed by atoms with Crippen LogP contribution in [0.5, 0.6) is 0 Å². The van der Waals surface area contributed by atoms with Gasteiger partial charge in [-0.25, -0.2) is 0 Å². The Kier molecular flexibility index (Phi) is 3.53. The average molecular weight is 256 g/mol. The largest absolute Gasteiger partial charge is 0.480 e. The van der Waals surface area contributed by atoms with Crippen molar-refractivity contribution in [3.8, 4) is 12.3 Å².